The van der Waals surface area contributed by atoms with Gasteiger partial charge < -0.3 is 25.6 Å². The van der Waals surface area contributed by atoms with E-state index in [9.17, 15) is 9.59 Å². The number of ether oxygens (including phenoxy) is 1. The van der Waals surface area contributed by atoms with Crippen LogP contribution < -0.4 is 16.0 Å². The highest BCUT2D eigenvalue weighted by molar-refractivity contribution is 7.80. The Kier molecular flexibility index (Phi) is 8.65. The summed E-state index contributed by atoms with van der Waals surface area (Å²) >= 11 is 5.42. The van der Waals surface area contributed by atoms with E-state index in [0.29, 0.717) is 29.5 Å². The van der Waals surface area contributed by atoms with Crippen molar-refractivity contribution in [2.24, 2.45) is 5.92 Å². The van der Waals surface area contributed by atoms with Crippen molar-refractivity contribution < 1.29 is 14.3 Å². The zero-order chi connectivity index (χ0) is 22.3. The Bertz CT molecular complexity index is 805. The van der Waals surface area contributed by atoms with Gasteiger partial charge in [0.25, 0.3) is 0 Å². The summed E-state index contributed by atoms with van der Waals surface area (Å²) in [4.78, 5) is 26.5. The fraction of sp³-hybridized carbons (Fsp3) is 0.500. The largest absolute Gasteiger partial charge is 0.462 e. The van der Waals surface area contributed by atoms with E-state index in [0.717, 1.165) is 24.1 Å². The third kappa shape index (κ3) is 6.19. The molecule has 3 N–H and O–H groups in total. The number of unbranched alkanes of at least 4 members (excludes halogenated alkanes) is 1. The van der Waals surface area contributed by atoms with Crippen LogP contribution in [0, 0.1) is 5.92 Å². The zero-order valence-corrected chi connectivity index (χ0v) is 19.2. The van der Waals surface area contributed by atoms with Gasteiger partial charge in [-0.15, -0.1) is 0 Å². The standard InChI is InChI=1S/C22H32N4O3S/c1-6-7-12-23-21(28)24-17-10-8-16(9-11-17)19-18(20(27)29-13-14(2)3)15(4)26(5)22(30)25-19/h8-11,14,19H,6-7,12-13H2,1-5H3,(H,25,30)(H2,23,24,28). The SMILES string of the molecule is CCCCNC(=O)Nc1ccc(C2NC(=S)N(C)C(C)=C2C(=O)OCC(C)C)cc1. The predicted octanol–water partition coefficient (Wildman–Crippen LogP) is 3.94. The Hall–Kier alpha value is -2.61. The van der Waals surface area contributed by atoms with Gasteiger partial charge in [0.15, 0.2) is 5.11 Å². The van der Waals surface area contributed by atoms with Crippen molar-refractivity contribution in [3.8, 4) is 0 Å². The van der Waals surface area contributed by atoms with Gasteiger partial charge in [-0.1, -0.05) is 39.3 Å². The quantitative estimate of drug-likeness (QED) is 0.328. The number of anilines is 1. The van der Waals surface area contributed by atoms with Crippen LogP contribution in [-0.2, 0) is 9.53 Å². The highest BCUT2D eigenvalue weighted by Gasteiger charge is 2.33. The molecule has 7 nitrogen and oxygen atoms in total. The third-order valence-corrected chi connectivity index (χ3v) is 5.23. The summed E-state index contributed by atoms with van der Waals surface area (Å²) in [6.07, 6.45) is 1.96. The molecule has 2 amide bonds. The number of nitrogens with zero attached hydrogens (tertiary/aromatic N) is 1. The van der Waals surface area contributed by atoms with Crippen LogP contribution in [-0.4, -0.2) is 42.2 Å². The van der Waals surface area contributed by atoms with E-state index < -0.39 is 6.04 Å². The smallest absolute Gasteiger partial charge is 0.338 e. The molecule has 0 saturated carbocycles. The minimum absolute atomic E-state index is 0.233. The van der Waals surface area contributed by atoms with Gasteiger partial charge in [0.2, 0.25) is 0 Å². The molecule has 1 aliphatic rings. The Morgan fingerprint density at radius 2 is 1.93 bits per heavy atom. The predicted molar refractivity (Wildman–Crippen MR) is 123 cm³/mol. The molecule has 0 spiro atoms. The van der Waals surface area contributed by atoms with Crippen LogP contribution in [0.4, 0.5) is 10.5 Å². The summed E-state index contributed by atoms with van der Waals surface area (Å²) in [6, 6.07) is 6.71. The Morgan fingerprint density at radius 1 is 1.27 bits per heavy atom. The van der Waals surface area contributed by atoms with E-state index in [2.05, 4.69) is 22.9 Å². The summed E-state index contributed by atoms with van der Waals surface area (Å²) < 4.78 is 5.50. The van der Waals surface area contributed by atoms with Crippen molar-refractivity contribution in [2.75, 3.05) is 25.5 Å². The van der Waals surface area contributed by atoms with Crippen LogP contribution in [0.1, 0.15) is 52.1 Å². The highest BCUT2D eigenvalue weighted by Crippen LogP contribution is 2.31. The maximum atomic E-state index is 12.8. The van der Waals surface area contributed by atoms with Gasteiger partial charge in [-0.05, 0) is 49.2 Å². The molecule has 1 unspecified atom stereocenters. The van der Waals surface area contributed by atoms with Crippen LogP contribution in [0.2, 0.25) is 0 Å². The van der Waals surface area contributed by atoms with Gasteiger partial charge in [0.1, 0.15) is 0 Å². The number of carbonyl (C=O) groups is 2. The van der Waals surface area contributed by atoms with Crippen LogP contribution in [0.3, 0.4) is 0 Å². The molecule has 0 radical (unpaired) electrons. The second-order valence-electron chi connectivity index (χ2n) is 7.79. The second kappa shape index (κ2) is 11.0. The van der Waals surface area contributed by atoms with E-state index in [1.165, 1.54) is 0 Å². The first-order chi connectivity index (χ1) is 14.2. The molecular formula is C22H32N4O3S. The molecule has 0 bridgehead atoms. The van der Waals surface area contributed by atoms with Crippen molar-refractivity contribution in [2.45, 2.75) is 46.6 Å². The van der Waals surface area contributed by atoms with Crippen LogP contribution in [0.25, 0.3) is 0 Å². The second-order valence-corrected chi connectivity index (χ2v) is 8.18. The first kappa shape index (κ1) is 23.7. The number of rotatable bonds is 8. The number of thiocarbonyl (C=S) groups is 1. The molecule has 1 aliphatic heterocycles. The third-order valence-electron chi connectivity index (χ3n) is 4.84. The number of hydrogen-bond donors (Lipinski definition) is 3. The molecule has 0 aliphatic carbocycles. The number of benzene rings is 1. The summed E-state index contributed by atoms with van der Waals surface area (Å²) in [7, 11) is 1.82. The van der Waals surface area contributed by atoms with Crippen LogP contribution in [0.15, 0.2) is 35.5 Å². The van der Waals surface area contributed by atoms with Crippen molar-refractivity contribution in [1.82, 2.24) is 15.5 Å². The fourth-order valence-electron chi connectivity index (χ4n) is 2.98. The zero-order valence-electron chi connectivity index (χ0n) is 18.4. The number of nitrogens with one attached hydrogen (secondary N) is 3. The molecule has 30 heavy (non-hydrogen) atoms. The van der Waals surface area contributed by atoms with E-state index in [1.807, 2.05) is 52.1 Å². The number of allylic oxidation sites excluding steroid dienone is 1. The van der Waals surface area contributed by atoms with Crippen molar-refractivity contribution in [1.29, 1.82) is 0 Å². The van der Waals surface area contributed by atoms with E-state index >= 15 is 0 Å². The Balaban J connectivity index is 2.19. The van der Waals surface area contributed by atoms with Crippen LogP contribution >= 0.6 is 12.2 Å². The molecule has 0 fully saturated rings. The minimum Gasteiger partial charge on any atom is -0.462 e. The molecule has 0 saturated heterocycles. The number of hydrogen-bond acceptors (Lipinski definition) is 4. The molecule has 0 aromatic heterocycles. The van der Waals surface area contributed by atoms with Crippen molar-refractivity contribution in [3.63, 3.8) is 0 Å². The van der Waals surface area contributed by atoms with Gasteiger partial charge in [-0.3, -0.25) is 0 Å². The summed E-state index contributed by atoms with van der Waals surface area (Å²) in [5.41, 5.74) is 2.82. The molecular weight excluding hydrogens is 400 g/mol. The monoisotopic (exact) mass is 432 g/mol. The maximum absolute atomic E-state index is 12.8. The molecule has 2 rings (SSSR count). The molecule has 164 valence electrons. The average molecular weight is 433 g/mol. The van der Waals surface area contributed by atoms with Gasteiger partial charge in [-0.2, -0.15) is 0 Å². The molecule has 1 atom stereocenters. The molecule has 1 aromatic carbocycles. The van der Waals surface area contributed by atoms with Gasteiger partial charge in [0.05, 0.1) is 18.2 Å². The van der Waals surface area contributed by atoms with Gasteiger partial charge in [-0.25, -0.2) is 9.59 Å². The Labute approximate surface area is 184 Å². The summed E-state index contributed by atoms with van der Waals surface area (Å²) in [5.74, 6) is -0.108. The van der Waals surface area contributed by atoms with E-state index in [4.69, 9.17) is 17.0 Å². The minimum atomic E-state index is -0.416. The summed E-state index contributed by atoms with van der Waals surface area (Å²) in [5, 5.41) is 9.39. The lowest BCUT2D eigenvalue weighted by Crippen LogP contribution is -2.46. The lowest BCUT2D eigenvalue weighted by Gasteiger charge is -2.35. The average Bonchev–Trinajstić information content (AvgIpc) is 2.70. The van der Waals surface area contributed by atoms with Gasteiger partial charge in [0, 0.05) is 25.0 Å². The van der Waals surface area contributed by atoms with E-state index in [1.54, 1.807) is 4.90 Å². The van der Waals surface area contributed by atoms with Crippen molar-refractivity contribution >= 4 is 35.0 Å². The lowest BCUT2D eigenvalue weighted by atomic mass is 9.95. The lowest BCUT2D eigenvalue weighted by molar-refractivity contribution is -0.140. The van der Waals surface area contributed by atoms with Crippen molar-refractivity contribution in [3.05, 3.63) is 41.1 Å². The van der Waals surface area contributed by atoms with Crippen LogP contribution in [0.5, 0.6) is 0 Å². The normalized spacial score (nSPS) is 16.4. The first-order valence-electron chi connectivity index (χ1n) is 10.3. The molecule has 8 heteroatoms. The fourth-order valence-corrected chi connectivity index (χ4v) is 3.24. The summed E-state index contributed by atoms with van der Waals surface area (Å²) in [6.45, 7) is 8.93. The number of urea groups is 1. The topological polar surface area (TPSA) is 82.7 Å². The number of carbonyl (C=O) groups excluding carboxylic acids is 2. The Morgan fingerprint density at radius 3 is 2.53 bits per heavy atom. The molecule has 1 heterocycles. The number of esters is 1. The maximum Gasteiger partial charge on any atom is 0.338 e. The van der Waals surface area contributed by atoms with E-state index in [-0.39, 0.29) is 17.9 Å². The number of amides is 2. The molecule has 1 aromatic rings. The first-order valence-corrected chi connectivity index (χ1v) is 10.7. The highest BCUT2D eigenvalue weighted by atomic mass is 32.1. The van der Waals surface area contributed by atoms with Gasteiger partial charge >= 0.3 is 12.0 Å².